The van der Waals surface area contributed by atoms with Crippen LogP contribution in [0.5, 0.6) is 0 Å². The van der Waals surface area contributed by atoms with Crippen molar-refractivity contribution in [2.45, 2.75) is 18.3 Å². The van der Waals surface area contributed by atoms with Crippen LogP contribution in [0.25, 0.3) is 10.9 Å². The zero-order chi connectivity index (χ0) is 17.4. The van der Waals surface area contributed by atoms with Crippen LogP contribution in [0.15, 0.2) is 54.7 Å². The largest absolute Gasteiger partial charge is 0.350 e. The SMILES string of the molecule is Cn1cc(C2SCCC(=O)N2Cc2ccccc2F)c2ccccc21. The third-order valence-corrected chi connectivity index (χ3v) is 5.95. The standard InChI is InChI=1S/C20H19FN2OS/c1-22-13-16(15-7-3-5-9-18(15)22)20-23(19(24)10-11-25-20)12-14-6-2-4-8-17(14)21/h2-9,13,20H,10-12H2,1H3. The first-order valence-electron chi connectivity index (χ1n) is 8.33. The molecule has 0 aliphatic carbocycles. The number of carbonyl (C=O) groups excluding carboxylic acids is 1. The Balaban J connectivity index is 1.75. The molecule has 25 heavy (non-hydrogen) atoms. The molecule has 0 radical (unpaired) electrons. The lowest BCUT2D eigenvalue weighted by molar-refractivity contribution is -0.132. The lowest BCUT2D eigenvalue weighted by atomic mass is 10.1. The predicted molar refractivity (Wildman–Crippen MR) is 99.7 cm³/mol. The molecule has 1 unspecified atom stereocenters. The molecule has 1 aliphatic heterocycles. The van der Waals surface area contributed by atoms with Gasteiger partial charge in [0.1, 0.15) is 11.2 Å². The number of fused-ring (bicyclic) bond motifs is 1. The number of hydrogen-bond donors (Lipinski definition) is 0. The van der Waals surface area contributed by atoms with Crippen LogP contribution >= 0.6 is 11.8 Å². The first kappa shape index (κ1) is 16.2. The summed E-state index contributed by atoms with van der Waals surface area (Å²) in [4.78, 5) is 14.4. The Bertz CT molecular complexity index is 936. The molecule has 3 aromatic rings. The average Bonchev–Trinajstić information content (AvgIpc) is 2.96. The third kappa shape index (κ3) is 2.93. The Kier molecular flexibility index (Phi) is 4.25. The molecule has 1 aliphatic rings. The number of halogens is 1. The second kappa shape index (κ2) is 6.56. The van der Waals surface area contributed by atoms with Gasteiger partial charge in [-0.25, -0.2) is 4.39 Å². The quantitative estimate of drug-likeness (QED) is 0.693. The van der Waals surface area contributed by atoms with Crippen molar-refractivity contribution in [1.29, 1.82) is 0 Å². The van der Waals surface area contributed by atoms with Gasteiger partial charge in [-0.05, 0) is 12.1 Å². The van der Waals surface area contributed by atoms with Gasteiger partial charge in [0, 0.05) is 54.0 Å². The van der Waals surface area contributed by atoms with Crippen LogP contribution in [0.2, 0.25) is 0 Å². The number of amides is 1. The summed E-state index contributed by atoms with van der Waals surface area (Å²) in [5, 5.41) is 1.06. The second-order valence-corrected chi connectivity index (χ2v) is 7.49. The summed E-state index contributed by atoms with van der Waals surface area (Å²) in [6, 6.07) is 14.9. The maximum absolute atomic E-state index is 14.1. The molecule has 0 saturated carbocycles. The minimum absolute atomic E-state index is 0.0833. The number of aryl methyl sites for hydroxylation is 1. The molecule has 0 bridgehead atoms. The van der Waals surface area contributed by atoms with Crippen LogP contribution in [0.4, 0.5) is 4.39 Å². The van der Waals surface area contributed by atoms with Crippen molar-refractivity contribution in [3.8, 4) is 0 Å². The number of rotatable bonds is 3. The number of nitrogens with zero attached hydrogens (tertiary/aromatic N) is 2. The zero-order valence-corrected chi connectivity index (χ0v) is 14.8. The lowest BCUT2D eigenvalue weighted by Crippen LogP contribution is -2.36. The fourth-order valence-electron chi connectivity index (χ4n) is 3.43. The molecule has 4 rings (SSSR count). The second-order valence-electron chi connectivity index (χ2n) is 6.30. The Hall–Kier alpha value is -2.27. The van der Waals surface area contributed by atoms with Gasteiger partial charge in [-0.15, -0.1) is 11.8 Å². The van der Waals surface area contributed by atoms with Gasteiger partial charge in [0.05, 0.1) is 0 Å². The van der Waals surface area contributed by atoms with E-state index >= 15 is 0 Å². The summed E-state index contributed by atoms with van der Waals surface area (Å²) in [5.74, 6) is 0.614. The normalized spacial score (nSPS) is 18.1. The average molecular weight is 354 g/mol. The van der Waals surface area contributed by atoms with Crippen LogP contribution in [-0.4, -0.2) is 21.1 Å². The molecule has 1 amide bonds. The summed E-state index contributed by atoms with van der Waals surface area (Å²) in [5.41, 5.74) is 2.82. The number of thioether (sulfide) groups is 1. The predicted octanol–water partition coefficient (Wildman–Crippen LogP) is 4.48. The van der Waals surface area contributed by atoms with Gasteiger partial charge in [-0.3, -0.25) is 4.79 Å². The van der Waals surface area contributed by atoms with Crippen molar-refractivity contribution in [3.05, 3.63) is 71.7 Å². The highest BCUT2D eigenvalue weighted by Crippen LogP contribution is 2.41. The lowest BCUT2D eigenvalue weighted by Gasteiger charge is -2.35. The summed E-state index contributed by atoms with van der Waals surface area (Å²) in [6.45, 7) is 0.298. The molecule has 1 saturated heterocycles. The van der Waals surface area contributed by atoms with Crippen molar-refractivity contribution in [1.82, 2.24) is 9.47 Å². The summed E-state index contributed by atoms with van der Waals surface area (Å²) >= 11 is 1.75. The number of benzene rings is 2. The van der Waals surface area contributed by atoms with E-state index < -0.39 is 0 Å². The Labute approximate surface area is 150 Å². The van der Waals surface area contributed by atoms with E-state index in [2.05, 4.69) is 22.9 Å². The number of para-hydroxylation sites is 1. The Morgan fingerprint density at radius 2 is 1.92 bits per heavy atom. The fraction of sp³-hybridized carbons (Fsp3) is 0.250. The molecule has 128 valence electrons. The highest BCUT2D eigenvalue weighted by atomic mass is 32.2. The van der Waals surface area contributed by atoms with Crippen LogP contribution < -0.4 is 0 Å². The molecule has 3 nitrogen and oxygen atoms in total. The summed E-state index contributed by atoms with van der Waals surface area (Å²) in [6.07, 6.45) is 2.59. The van der Waals surface area contributed by atoms with Gasteiger partial charge in [0.15, 0.2) is 0 Å². The molecule has 2 heterocycles. The minimum Gasteiger partial charge on any atom is -0.350 e. The van der Waals surface area contributed by atoms with Gasteiger partial charge >= 0.3 is 0 Å². The fourth-order valence-corrected chi connectivity index (χ4v) is 4.69. The van der Waals surface area contributed by atoms with E-state index in [1.807, 2.05) is 30.1 Å². The zero-order valence-electron chi connectivity index (χ0n) is 14.0. The van der Waals surface area contributed by atoms with Crippen molar-refractivity contribution in [2.75, 3.05) is 5.75 Å². The van der Waals surface area contributed by atoms with Crippen molar-refractivity contribution < 1.29 is 9.18 Å². The Morgan fingerprint density at radius 1 is 1.16 bits per heavy atom. The monoisotopic (exact) mass is 354 g/mol. The van der Waals surface area contributed by atoms with Crippen molar-refractivity contribution in [3.63, 3.8) is 0 Å². The van der Waals surface area contributed by atoms with Gasteiger partial charge in [0.2, 0.25) is 5.91 Å². The van der Waals surface area contributed by atoms with Crippen LogP contribution in [0.1, 0.15) is 22.9 Å². The molecule has 0 spiro atoms. The summed E-state index contributed by atoms with van der Waals surface area (Å²) in [7, 11) is 2.02. The molecule has 1 atom stereocenters. The molecular weight excluding hydrogens is 335 g/mol. The molecule has 2 aromatic carbocycles. The van der Waals surface area contributed by atoms with E-state index in [0.29, 0.717) is 18.5 Å². The summed E-state index contributed by atoms with van der Waals surface area (Å²) < 4.78 is 16.2. The van der Waals surface area contributed by atoms with Crippen LogP contribution in [0.3, 0.4) is 0 Å². The van der Waals surface area contributed by atoms with Gasteiger partial charge in [-0.2, -0.15) is 0 Å². The van der Waals surface area contributed by atoms with Gasteiger partial charge in [-0.1, -0.05) is 36.4 Å². The number of carbonyl (C=O) groups is 1. The molecule has 1 fully saturated rings. The molecule has 5 heteroatoms. The minimum atomic E-state index is -0.262. The van der Waals surface area contributed by atoms with E-state index in [1.165, 1.54) is 6.07 Å². The first-order valence-corrected chi connectivity index (χ1v) is 9.38. The Morgan fingerprint density at radius 3 is 2.76 bits per heavy atom. The van der Waals surface area contributed by atoms with Crippen LogP contribution in [-0.2, 0) is 18.4 Å². The van der Waals surface area contributed by atoms with E-state index in [9.17, 15) is 9.18 Å². The smallest absolute Gasteiger partial charge is 0.224 e. The molecule has 1 aromatic heterocycles. The van der Waals surface area contributed by atoms with Crippen molar-refractivity contribution in [2.24, 2.45) is 7.05 Å². The van der Waals surface area contributed by atoms with E-state index in [1.54, 1.807) is 23.9 Å². The highest BCUT2D eigenvalue weighted by molar-refractivity contribution is 7.99. The van der Waals surface area contributed by atoms with E-state index in [-0.39, 0.29) is 17.1 Å². The highest BCUT2D eigenvalue weighted by Gasteiger charge is 2.32. The van der Waals surface area contributed by atoms with Crippen LogP contribution in [0, 0.1) is 5.82 Å². The third-order valence-electron chi connectivity index (χ3n) is 4.69. The number of hydrogen-bond acceptors (Lipinski definition) is 2. The maximum atomic E-state index is 14.1. The van der Waals surface area contributed by atoms with Gasteiger partial charge in [0.25, 0.3) is 0 Å². The molecule has 0 N–H and O–H groups in total. The van der Waals surface area contributed by atoms with E-state index in [4.69, 9.17) is 0 Å². The molecular formula is C20H19FN2OS. The van der Waals surface area contributed by atoms with Gasteiger partial charge < -0.3 is 9.47 Å². The first-order chi connectivity index (χ1) is 12.1. The van der Waals surface area contributed by atoms with E-state index in [0.717, 1.165) is 22.2 Å². The van der Waals surface area contributed by atoms with Crippen molar-refractivity contribution >= 4 is 28.6 Å². The topological polar surface area (TPSA) is 25.2 Å². The maximum Gasteiger partial charge on any atom is 0.224 e. The number of aromatic nitrogens is 1.